The molecule has 1 aliphatic carbocycles. The summed E-state index contributed by atoms with van der Waals surface area (Å²) in [5.74, 6) is 0.233. The van der Waals surface area contributed by atoms with Crippen molar-refractivity contribution in [2.75, 3.05) is 11.4 Å². The van der Waals surface area contributed by atoms with Gasteiger partial charge in [-0.25, -0.2) is 0 Å². The zero-order valence-corrected chi connectivity index (χ0v) is 14.2. The van der Waals surface area contributed by atoms with Gasteiger partial charge >= 0.3 is 0 Å². The van der Waals surface area contributed by atoms with Crippen molar-refractivity contribution < 1.29 is 9.59 Å². The van der Waals surface area contributed by atoms with Crippen LogP contribution in [-0.2, 0) is 22.4 Å². The Morgan fingerprint density at radius 3 is 2.64 bits per heavy atom. The van der Waals surface area contributed by atoms with Gasteiger partial charge in [0, 0.05) is 18.7 Å². The van der Waals surface area contributed by atoms with Gasteiger partial charge in [0.1, 0.15) is 0 Å². The molecule has 0 bridgehead atoms. The molecule has 1 unspecified atom stereocenters. The molecule has 1 saturated heterocycles. The number of benzene rings is 2. The predicted molar refractivity (Wildman–Crippen MR) is 97.4 cm³/mol. The predicted octanol–water partition coefficient (Wildman–Crippen LogP) is 3.16. The Labute approximate surface area is 147 Å². The Bertz CT molecular complexity index is 798. The van der Waals surface area contributed by atoms with Crippen LogP contribution in [0, 0.1) is 0 Å². The number of amides is 2. The number of aryl methyl sites for hydroxylation is 1. The second-order valence-electron chi connectivity index (χ2n) is 6.85. The fraction of sp³-hybridized carbons (Fsp3) is 0.333. The van der Waals surface area contributed by atoms with Crippen LogP contribution in [0.15, 0.2) is 48.5 Å². The first-order chi connectivity index (χ1) is 12.2. The minimum Gasteiger partial charge on any atom is -0.349 e. The lowest BCUT2D eigenvalue weighted by Gasteiger charge is -2.16. The van der Waals surface area contributed by atoms with E-state index < -0.39 is 0 Å². The second kappa shape index (κ2) is 6.71. The third-order valence-corrected chi connectivity index (χ3v) is 5.15. The summed E-state index contributed by atoms with van der Waals surface area (Å²) < 4.78 is 0. The molecule has 0 saturated carbocycles. The summed E-state index contributed by atoms with van der Waals surface area (Å²) in [6, 6.07) is 16.2. The summed E-state index contributed by atoms with van der Waals surface area (Å²) in [4.78, 5) is 26.0. The molecule has 25 heavy (non-hydrogen) atoms. The van der Waals surface area contributed by atoms with Crippen LogP contribution in [0.5, 0.6) is 0 Å². The first-order valence-corrected chi connectivity index (χ1v) is 8.97. The Hall–Kier alpha value is -2.62. The van der Waals surface area contributed by atoms with Crippen LogP contribution in [0.3, 0.4) is 0 Å². The number of hydrogen-bond donors (Lipinski definition) is 1. The Balaban J connectivity index is 1.37. The maximum atomic E-state index is 12.4. The normalized spacial score (nSPS) is 19.1. The highest BCUT2D eigenvalue weighted by Crippen LogP contribution is 2.30. The van der Waals surface area contributed by atoms with Crippen LogP contribution in [0.1, 0.15) is 42.0 Å². The van der Waals surface area contributed by atoms with Gasteiger partial charge in [0.25, 0.3) is 0 Å². The molecule has 1 fully saturated rings. The van der Waals surface area contributed by atoms with E-state index >= 15 is 0 Å². The quantitative estimate of drug-likeness (QED) is 0.934. The smallest absolute Gasteiger partial charge is 0.227 e. The monoisotopic (exact) mass is 334 g/mol. The Morgan fingerprint density at radius 1 is 1.08 bits per heavy atom. The Kier molecular flexibility index (Phi) is 4.26. The number of anilines is 1. The fourth-order valence-electron chi connectivity index (χ4n) is 3.85. The summed E-state index contributed by atoms with van der Waals surface area (Å²) in [7, 11) is 0. The van der Waals surface area contributed by atoms with Crippen molar-refractivity contribution in [3.63, 3.8) is 0 Å². The second-order valence-corrected chi connectivity index (χ2v) is 6.85. The minimum absolute atomic E-state index is 0.0479. The molecule has 2 aliphatic rings. The van der Waals surface area contributed by atoms with Gasteiger partial charge in [-0.1, -0.05) is 36.4 Å². The van der Waals surface area contributed by atoms with Crippen molar-refractivity contribution in [1.29, 1.82) is 0 Å². The summed E-state index contributed by atoms with van der Waals surface area (Å²) in [5, 5.41) is 3.16. The molecule has 2 aromatic carbocycles. The number of rotatable bonds is 4. The van der Waals surface area contributed by atoms with E-state index in [-0.39, 0.29) is 17.9 Å². The SMILES string of the molecule is O=C(Cc1ccc(N2CCCC2=O)cc1)NC1CCc2ccccc21. The largest absolute Gasteiger partial charge is 0.349 e. The average molecular weight is 334 g/mol. The summed E-state index contributed by atoms with van der Waals surface area (Å²) in [5.41, 5.74) is 4.49. The van der Waals surface area contributed by atoms with E-state index in [1.807, 2.05) is 35.2 Å². The van der Waals surface area contributed by atoms with E-state index in [9.17, 15) is 9.59 Å². The van der Waals surface area contributed by atoms with E-state index in [1.165, 1.54) is 11.1 Å². The molecule has 2 amide bonds. The summed E-state index contributed by atoms with van der Waals surface area (Å²) in [6.07, 6.45) is 3.92. The summed E-state index contributed by atoms with van der Waals surface area (Å²) in [6.45, 7) is 0.791. The third kappa shape index (κ3) is 3.29. The van der Waals surface area contributed by atoms with Crippen LogP contribution in [-0.4, -0.2) is 18.4 Å². The van der Waals surface area contributed by atoms with Gasteiger partial charge in [-0.2, -0.15) is 0 Å². The average Bonchev–Trinajstić information content (AvgIpc) is 3.22. The van der Waals surface area contributed by atoms with Crippen molar-refractivity contribution in [1.82, 2.24) is 5.32 Å². The van der Waals surface area contributed by atoms with Crippen molar-refractivity contribution in [3.05, 3.63) is 65.2 Å². The fourth-order valence-corrected chi connectivity index (χ4v) is 3.85. The number of nitrogens with zero attached hydrogens (tertiary/aromatic N) is 1. The molecule has 4 nitrogen and oxygen atoms in total. The highest BCUT2D eigenvalue weighted by Gasteiger charge is 2.24. The van der Waals surface area contributed by atoms with Crippen LogP contribution in [0.2, 0.25) is 0 Å². The molecule has 4 rings (SSSR count). The zero-order valence-electron chi connectivity index (χ0n) is 14.2. The lowest BCUT2D eigenvalue weighted by molar-refractivity contribution is -0.121. The Morgan fingerprint density at radius 2 is 1.88 bits per heavy atom. The van der Waals surface area contributed by atoms with Crippen LogP contribution in [0.4, 0.5) is 5.69 Å². The third-order valence-electron chi connectivity index (χ3n) is 5.15. The standard InChI is InChI=1S/C21H22N2O2/c24-20(22-19-12-9-16-4-1-2-5-18(16)19)14-15-7-10-17(11-8-15)23-13-3-6-21(23)25/h1-2,4-5,7-8,10-11,19H,3,6,9,12-14H2,(H,22,24). The van der Waals surface area contributed by atoms with Crippen LogP contribution >= 0.6 is 0 Å². The number of carbonyl (C=O) groups is 2. The first-order valence-electron chi connectivity index (χ1n) is 8.97. The van der Waals surface area contributed by atoms with Crippen molar-refractivity contribution >= 4 is 17.5 Å². The number of fused-ring (bicyclic) bond motifs is 1. The van der Waals surface area contributed by atoms with Crippen molar-refractivity contribution in [2.45, 2.75) is 38.1 Å². The van der Waals surface area contributed by atoms with Gasteiger partial charge in [-0.05, 0) is 48.1 Å². The molecule has 1 heterocycles. The van der Waals surface area contributed by atoms with Gasteiger partial charge in [0.15, 0.2) is 0 Å². The highest BCUT2D eigenvalue weighted by molar-refractivity contribution is 5.95. The zero-order chi connectivity index (χ0) is 17.2. The molecule has 0 aromatic heterocycles. The molecule has 1 N–H and O–H groups in total. The van der Waals surface area contributed by atoms with Gasteiger partial charge in [0.2, 0.25) is 11.8 Å². The van der Waals surface area contributed by atoms with Gasteiger partial charge < -0.3 is 10.2 Å². The molecular formula is C21H22N2O2. The van der Waals surface area contributed by atoms with E-state index in [0.29, 0.717) is 12.8 Å². The highest BCUT2D eigenvalue weighted by atomic mass is 16.2. The van der Waals surface area contributed by atoms with Crippen LogP contribution in [0.25, 0.3) is 0 Å². The molecule has 2 aromatic rings. The maximum absolute atomic E-state index is 12.4. The van der Waals surface area contributed by atoms with E-state index in [0.717, 1.165) is 37.1 Å². The van der Waals surface area contributed by atoms with Crippen LogP contribution < -0.4 is 10.2 Å². The first kappa shape index (κ1) is 15.9. The lowest BCUT2D eigenvalue weighted by atomic mass is 10.1. The lowest BCUT2D eigenvalue weighted by Crippen LogP contribution is -2.28. The molecule has 0 spiro atoms. The number of hydrogen-bond acceptors (Lipinski definition) is 2. The minimum atomic E-state index is 0.0479. The topological polar surface area (TPSA) is 49.4 Å². The maximum Gasteiger partial charge on any atom is 0.227 e. The van der Waals surface area contributed by atoms with Crippen molar-refractivity contribution in [3.8, 4) is 0 Å². The van der Waals surface area contributed by atoms with E-state index in [2.05, 4.69) is 23.5 Å². The molecule has 128 valence electrons. The van der Waals surface area contributed by atoms with Gasteiger partial charge in [-0.15, -0.1) is 0 Å². The molecule has 4 heteroatoms. The van der Waals surface area contributed by atoms with E-state index in [4.69, 9.17) is 0 Å². The summed E-state index contributed by atoms with van der Waals surface area (Å²) >= 11 is 0. The molecule has 1 atom stereocenters. The van der Waals surface area contributed by atoms with E-state index in [1.54, 1.807) is 0 Å². The number of nitrogens with one attached hydrogen (secondary N) is 1. The number of carbonyl (C=O) groups excluding carboxylic acids is 2. The molecule has 1 aliphatic heterocycles. The molecule has 0 radical (unpaired) electrons. The van der Waals surface area contributed by atoms with Crippen molar-refractivity contribution in [2.24, 2.45) is 0 Å². The molecular weight excluding hydrogens is 312 g/mol. The van der Waals surface area contributed by atoms with Gasteiger partial charge in [0.05, 0.1) is 12.5 Å². The van der Waals surface area contributed by atoms with Gasteiger partial charge in [-0.3, -0.25) is 9.59 Å².